The van der Waals surface area contributed by atoms with Crippen molar-refractivity contribution < 1.29 is 18.8 Å². The van der Waals surface area contributed by atoms with Crippen molar-refractivity contribution >= 4 is 17.2 Å². The molecule has 2 aromatic heterocycles. The van der Waals surface area contributed by atoms with Gasteiger partial charge in [0.2, 0.25) is 17.6 Å². The average molecular weight is 361 g/mol. The second-order valence-corrected chi connectivity index (χ2v) is 6.31. The summed E-state index contributed by atoms with van der Waals surface area (Å²) in [6.45, 7) is 0.00651. The fraction of sp³-hybridized carbons (Fsp3) is 0.235. The highest BCUT2D eigenvalue weighted by Crippen LogP contribution is 2.21. The highest BCUT2D eigenvalue weighted by molar-refractivity contribution is 7.13. The Morgan fingerprint density at radius 3 is 3.00 bits per heavy atom. The van der Waals surface area contributed by atoms with Crippen LogP contribution < -0.4 is 5.32 Å². The summed E-state index contributed by atoms with van der Waals surface area (Å²) in [6.07, 6.45) is -0.504. The van der Waals surface area contributed by atoms with Gasteiger partial charge in [-0.1, -0.05) is 23.4 Å². The van der Waals surface area contributed by atoms with Gasteiger partial charge in [0.15, 0.2) is 0 Å². The van der Waals surface area contributed by atoms with Crippen molar-refractivity contribution in [1.82, 2.24) is 15.5 Å². The summed E-state index contributed by atoms with van der Waals surface area (Å²) in [4.78, 5) is 17.0. The minimum absolute atomic E-state index is 0.00651. The van der Waals surface area contributed by atoms with Crippen molar-refractivity contribution in [2.45, 2.75) is 18.9 Å². The summed E-state index contributed by atoms with van der Waals surface area (Å²) >= 11 is 1.51. The third-order valence-electron chi connectivity index (χ3n) is 3.50. The number of nitrogens with one attached hydrogen (secondary N) is 1. The largest absolute Gasteiger partial charge is 0.387 e. The third kappa shape index (κ3) is 4.71. The summed E-state index contributed by atoms with van der Waals surface area (Å²) in [5.41, 5.74) is 0.415. The molecule has 6 nitrogen and oxygen atoms in total. The molecule has 0 aliphatic rings. The van der Waals surface area contributed by atoms with Crippen molar-refractivity contribution in [3.05, 3.63) is 59.0 Å². The van der Waals surface area contributed by atoms with E-state index in [1.807, 2.05) is 17.5 Å². The summed E-state index contributed by atoms with van der Waals surface area (Å²) in [5, 5.41) is 18.4. The summed E-state index contributed by atoms with van der Waals surface area (Å²) in [6, 6.07) is 9.43. The minimum Gasteiger partial charge on any atom is -0.387 e. The van der Waals surface area contributed by atoms with Gasteiger partial charge in [0.25, 0.3) is 0 Å². The number of carbonyl (C=O) groups excluding carboxylic acids is 1. The molecule has 2 N–H and O–H groups in total. The monoisotopic (exact) mass is 361 g/mol. The highest BCUT2D eigenvalue weighted by Gasteiger charge is 2.13. The number of aromatic nitrogens is 2. The molecule has 0 saturated heterocycles. The molecular formula is C17H16FN3O3S. The van der Waals surface area contributed by atoms with Gasteiger partial charge in [-0.25, -0.2) is 4.39 Å². The van der Waals surface area contributed by atoms with Crippen LogP contribution in [0.1, 0.15) is 24.0 Å². The maximum Gasteiger partial charge on any atom is 0.227 e. The first-order valence-electron chi connectivity index (χ1n) is 7.68. The van der Waals surface area contributed by atoms with Crippen LogP contribution in [0.2, 0.25) is 0 Å². The number of aliphatic hydroxyl groups excluding tert-OH is 1. The fourth-order valence-corrected chi connectivity index (χ4v) is 2.86. The smallest absolute Gasteiger partial charge is 0.227 e. The molecule has 1 atom stereocenters. The normalized spacial score (nSPS) is 12.1. The lowest BCUT2D eigenvalue weighted by atomic mass is 10.1. The van der Waals surface area contributed by atoms with Gasteiger partial charge in [0, 0.05) is 19.4 Å². The number of halogens is 1. The van der Waals surface area contributed by atoms with Gasteiger partial charge < -0.3 is 14.9 Å². The van der Waals surface area contributed by atoms with Gasteiger partial charge >= 0.3 is 0 Å². The standard InChI is InChI=1S/C17H16FN3O3S/c18-12-4-1-3-11(9-12)13(22)10-19-15(23)6-7-16-20-17(21-24-16)14-5-2-8-25-14/h1-5,8-9,13,22H,6-7,10H2,(H,19,23). The molecule has 0 saturated carbocycles. The van der Waals surface area contributed by atoms with Gasteiger partial charge in [-0.05, 0) is 29.1 Å². The first kappa shape index (κ1) is 17.2. The van der Waals surface area contributed by atoms with Crippen LogP contribution in [-0.2, 0) is 11.2 Å². The predicted octanol–water partition coefficient (Wildman–Crippen LogP) is 2.72. The van der Waals surface area contributed by atoms with E-state index in [-0.39, 0.29) is 18.9 Å². The molecule has 130 valence electrons. The van der Waals surface area contributed by atoms with E-state index in [0.717, 1.165) is 4.88 Å². The third-order valence-corrected chi connectivity index (χ3v) is 4.37. The second-order valence-electron chi connectivity index (χ2n) is 5.36. The van der Waals surface area contributed by atoms with Crippen molar-refractivity contribution in [3.8, 4) is 10.7 Å². The van der Waals surface area contributed by atoms with E-state index in [0.29, 0.717) is 23.7 Å². The van der Waals surface area contributed by atoms with Crippen LogP contribution in [0.3, 0.4) is 0 Å². The van der Waals surface area contributed by atoms with Crippen LogP contribution in [0.5, 0.6) is 0 Å². The molecule has 8 heteroatoms. The molecule has 0 fully saturated rings. The number of carbonyl (C=O) groups is 1. The zero-order valence-corrected chi connectivity index (χ0v) is 14.0. The molecule has 0 radical (unpaired) electrons. The number of thiophene rings is 1. The topological polar surface area (TPSA) is 88.2 Å². The lowest BCUT2D eigenvalue weighted by Crippen LogP contribution is -2.28. The maximum absolute atomic E-state index is 13.1. The Balaban J connectivity index is 1.45. The fourth-order valence-electron chi connectivity index (χ4n) is 2.21. The summed E-state index contributed by atoms with van der Waals surface area (Å²) in [5.74, 6) is 0.198. The lowest BCUT2D eigenvalue weighted by Gasteiger charge is -2.12. The van der Waals surface area contributed by atoms with Gasteiger partial charge in [-0.15, -0.1) is 11.3 Å². The first-order chi connectivity index (χ1) is 12.1. The molecule has 0 aliphatic heterocycles. The van der Waals surface area contributed by atoms with Gasteiger partial charge in [0.05, 0.1) is 11.0 Å². The number of nitrogens with zero attached hydrogens (tertiary/aromatic N) is 2. The number of aryl methyl sites for hydroxylation is 1. The van der Waals surface area contributed by atoms with Crippen molar-refractivity contribution in [3.63, 3.8) is 0 Å². The summed E-state index contributed by atoms with van der Waals surface area (Å²) < 4.78 is 18.2. The number of aliphatic hydroxyl groups is 1. The van der Waals surface area contributed by atoms with Crippen LogP contribution in [0.4, 0.5) is 4.39 Å². The summed E-state index contributed by atoms with van der Waals surface area (Å²) in [7, 11) is 0. The Bertz CT molecular complexity index is 835. The second kappa shape index (κ2) is 8.00. The number of benzene rings is 1. The predicted molar refractivity (Wildman–Crippen MR) is 90.3 cm³/mol. The minimum atomic E-state index is -0.964. The molecule has 1 amide bonds. The Labute approximate surface area is 147 Å². The van der Waals surface area contributed by atoms with Crippen molar-refractivity contribution in [2.24, 2.45) is 0 Å². The Hall–Kier alpha value is -2.58. The average Bonchev–Trinajstić information content (AvgIpc) is 3.29. The zero-order chi connectivity index (χ0) is 17.6. The van der Waals surface area contributed by atoms with Crippen LogP contribution in [0.25, 0.3) is 10.7 Å². The Kier molecular flexibility index (Phi) is 5.52. The number of hydrogen-bond acceptors (Lipinski definition) is 6. The van der Waals surface area contributed by atoms with E-state index in [2.05, 4.69) is 15.5 Å². The van der Waals surface area contributed by atoms with E-state index in [9.17, 15) is 14.3 Å². The quantitative estimate of drug-likeness (QED) is 0.675. The number of amides is 1. The molecule has 0 aliphatic carbocycles. The number of rotatable bonds is 7. The van der Waals surface area contributed by atoms with Crippen molar-refractivity contribution in [2.75, 3.05) is 6.54 Å². The molecule has 3 rings (SSSR count). The van der Waals surface area contributed by atoms with E-state index in [4.69, 9.17) is 4.52 Å². The lowest BCUT2D eigenvalue weighted by molar-refractivity contribution is -0.121. The van der Waals surface area contributed by atoms with E-state index < -0.39 is 11.9 Å². The van der Waals surface area contributed by atoms with E-state index >= 15 is 0 Å². The van der Waals surface area contributed by atoms with Crippen LogP contribution >= 0.6 is 11.3 Å². The van der Waals surface area contributed by atoms with Crippen molar-refractivity contribution in [1.29, 1.82) is 0 Å². The molecule has 2 heterocycles. The molecule has 0 bridgehead atoms. The van der Waals surface area contributed by atoms with Crippen LogP contribution in [0, 0.1) is 5.82 Å². The van der Waals surface area contributed by atoms with E-state index in [1.165, 1.54) is 29.5 Å². The molecular weight excluding hydrogens is 345 g/mol. The van der Waals surface area contributed by atoms with Gasteiger partial charge in [0.1, 0.15) is 5.82 Å². The maximum atomic E-state index is 13.1. The molecule has 25 heavy (non-hydrogen) atoms. The highest BCUT2D eigenvalue weighted by atomic mass is 32.1. The molecule has 3 aromatic rings. The molecule has 0 spiro atoms. The number of hydrogen-bond donors (Lipinski definition) is 2. The van der Waals surface area contributed by atoms with Gasteiger partial charge in [-0.3, -0.25) is 4.79 Å². The first-order valence-corrected chi connectivity index (χ1v) is 8.56. The molecule has 1 unspecified atom stereocenters. The molecule has 1 aromatic carbocycles. The van der Waals surface area contributed by atoms with Crippen LogP contribution in [0.15, 0.2) is 46.3 Å². The Morgan fingerprint density at radius 2 is 2.24 bits per heavy atom. The van der Waals surface area contributed by atoms with E-state index in [1.54, 1.807) is 6.07 Å². The van der Waals surface area contributed by atoms with Crippen LogP contribution in [-0.4, -0.2) is 27.7 Å². The Morgan fingerprint density at radius 1 is 1.36 bits per heavy atom. The van der Waals surface area contributed by atoms with Gasteiger partial charge in [-0.2, -0.15) is 4.98 Å². The SMILES string of the molecule is O=C(CCc1nc(-c2cccs2)no1)NCC(O)c1cccc(F)c1. The zero-order valence-electron chi connectivity index (χ0n) is 13.2.